The van der Waals surface area contributed by atoms with Crippen LogP contribution in [-0.2, 0) is 21.2 Å². The lowest BCUT2D eigenvalue weighted by Gasteiger charge is -2.36. The number of piperidine rings is 1. The van der Waals surface area contributed by atoms with Gasteiger partial charge in [-0.3, -0.25) is 4.79 Å². The molecule has 0 aliphatic carbocycles. The van der Waals surface area contributed by atoms with E-state index in [-0.39, 0.29) is 23.4 Å². The Morgan fingerprint density at radius 3 is 2.63 bits per heavy atom. The lowest BCUT2D eigenvalue weighted by molar-refractivity contribution is -0.123. The van der Waals surface area contributed by atoms with Crippen molar-refractivity contribution in [2.24, 2.45) is 5.92 Å². The summed E-state index contributed by atoms with van der Waals surface area (Å²) < 4.78 is 41.4. The lowest BCUT2D eigenvalue weighted by Crippen LogP contribution is -2.46. The van der Waals surface area contributed by atoms with Crippen molar-refractivity contribution in [3.05, 3.63) is 28.0 Å². The molecular formula is C19H26BrFN2O3S. The Labute approximate surface area is 169 Å². The van der Waals surface area contributed by atoms with E-state index in [0.29, 0.717) is 49.1 Å². The van der Waals surface area contributed by atoms with Gasteiger partial charge < -0.3 is 4.90 Å². The first kappa shape index (κ1) is 20.7. The van der Waals surface area contributed by atoms with Crippen LogP contribution in [0.5, 0.6) is 0 Å². The smallest absolute Gasteiger partial charge is 0.230 e. The molecule has 0 atom stereocenters. The standard InChI is InChI=1S/C19H26BrFN2O3S/c1-2-3-11-27(25,26)22-9-6-14(7-10-22)19(24)23-8-4-5-15-12-16(20)13-17(21)18(15)23/h12-14H,2-11H2,1H3. The molecule has 1 aromatic carbocycles. The Balaban J connectivity index is 1.69. The van der Waals surface area contributed by atoms with Gasteiger partial charge in [0.05, 0.1) is 11.4 Å². The number of aryl methyl sites for hydroxylation is 1. The second kappa shape index (κ2) is 8.57. The second-order valence-electron chi connectivity index (χ2n) is 7.33. The monoisotopic (exact) mass is 460 g/mol. The van der Waals surface area contributed by atoms with Crippen molar-refractivity contribution in [1.82, 2.24) is 4.31 Å². The number of hydrogen-bond donors (Lipinski definition) is 0. The molecule has 5 nitrogen and oxygen atoms in total. The van der Waals surface area contributed by atoms with Gasteiger partial charge in [-0.15, -0.1) is 0 Å². The van der Waals surface area contributed by atoms with Crippen LogP contribution < -0.4 is 4.90 Å². The number of unbranched alkanes of at least 4 members (excludes halogenated alkanes) is 1. The number of fused-ring (bicyclic) bond motifs is 1. The molecule has 27 heavy (non-hydrogen) atoms. The third kappa shape index (κ3) is 4.54. The molecule has 0 spiro atoms. The number of hydrogen-bond acceptors (Lipinski definition) is 3. The van der Waals surface area contributed by atoms with E-state index < -0.39 is 10.0 Å². The molecule has 0 aromatic heterocycles. The number of halogens is 2. The maximum absolute atomic E-state index is 14.5. The highest BCUT2D eigenvalue weighted by Gasteiger charge is 2.35. The van der Waals surface area contributed by atoms with E-state index in [1.54, 1.807) is 4.90 Å². The molecule has 2 aliphatic rings. The van der Waals surface area contributed by atoms with E-state index in [1.807, 2.05) is 13.0 Å². The Kier molecular flexibility index (Phi) is 6.58. The Hall–Kier alpha value is -0.990. The number of benzene rings is 1. The van der Waals surface area contributed by atoms with E-state index >= 15 is 0 Å². The highest BCUT2D eigenvalue weighted by atomic mass is 79.9. The van der Waals surface area contributed by atoms with Gasteiger partial charge in [-0.1, -0.05) is 29.3 Å². The average Bonchev–Trinajstić information content (AvgIpc) is 2.65. The predicted molar refractivity (Wildman–Crippen MR) is 108 cm³/mol. The highest BCUT2D eigenvalue weighted by molar-refractivity contribution is 9.10. The fourth-order valence-corrected chi connectivity index (χ4v) is 6.09. The number of nitrogens with zero attached hydrogens (tertiary/aromatic N) is 2. The van der Waals surface area contributed by atoms with Gasteiger partial charge in [0.1, 0.15) is 5.82 Å². The Morgan fingerprint density at radius 2 is 1.96 bits per heavy atom. The van der Waals surface area contributed by atoms with E-state index in [1.165, 1.54) is 10.4 Å². The van der Waals surface area contributed by atoms with E-state index in [0.717, 1.165) is 24.8 Å². The van der Waals surface area contributed by atoms with Crippen LogP contribution in [-0.4, -0.2) is 44.0 Å². The van der Waals surface area contributed by atoms with Crippen molar-refractivity contribution in [3.8, 4) is 0 Å². The molecule has 1 saturated heterocycles. The van der Waals surface area contributed by atoms with Crippen LogP contribution in [0.25, 0.3) is 0 Å². The zero-order valence-electron chi connectivity index (χ0n) is 15.6. The van der Waals surface area contributed by atoms with E-state index in [4.69, 9.17) is 0 Å². The van der Waals surface area contributed by atoms with Crippen molar-refractivity contribution < 1.29 is 17.6 Å². The van der Waals surface area contributed by atoms with Crippen molar-refractivity contribution in [2.75, 3.05) is 30.3 Å². The molecule has 0 unspecified atom stereocenters. The SMILES string of the molecule is CCCCS(=O)(=O)N1CCC(C(=O)N2CCCc3cc(Br)cc(F)c32)CC1. The summed E-state index contributed by atoms with van der Waals surface area (Å²) in [7, 11) is -3.24. The van der Waals surface area contributed by atoms with Gasteiger partial charge in [0.15, 0.2) is 0 Å². The molecule has 2 aliphatic heterocycles. The van der Waals surface area contributed by atoms with Crippen LogP contribution in [0.1, 0.15) is 44.6 Å². The van der Waals surface area contributed by atoms with Crippen molar-refractivity contribution in [2.45, 2.75) is 45.4 Å². The number of rotatable bonds is 5. The summed E-state index contributed by atoms with van der Waals surface area (Å²) in [6.45, 7) is 3.21. The minimum absolute atomic E-state index is 0.0808. The van der Waals surface area contributed by atoms with Gasteiger partial charge in [-0.05, 0) is 49.8 Å². The van der Waals surface area contributed by atoms with Crippen molar-refractivity contribution >= 4 is 37.5 Å². The van der Waals surface area contributed by atoms with Gasteiger partial charge >= 0.3 is 0 Å². The second-order valence-corrected chi connectivity index (χ2v) is 10.3. The van der Waals surface area contributed by atoms with Crippen molar-refractivity contribution in [3.63, 3.8) is 0 Å². The van der Waals surface area contributed by atoms with Crippen LogP contribution >= 0.6 is 15.9 Å². The molecule has 2 heterocycles. The average molecular weight is 461 g/mol. The number of amides is 1. The zero-order valence-corrected chi connectivity index (χ0v) is 18.0. The molecular weight excluding hydrogens is 435 g/mol. The summed E-state index contributed by atoms with van der Waals surface area (Å²) in [6.07, 6.45) is 4.04. The molecule has 1 fully saturated rings. The minimum atomic E-state index is -3.24. The summed E-state index contributed by atoms with van der Waals surface area (Å²) >= 11 is 3.31. The van der Waals surface area contributed by atoms with Crippen LogP contribution in [0.2, 0.25) is 0 Å². The number of carbonyl (C=O) groups is 1. The molecule has 8 heteroatoms. The van der Waals surface area contributed by atoms with Gasteiger partial charge in [-0.2, -0.15) is 0 Å². The molecule has 3 rings (SSSR count). The Morgan fingerprint density at radius 1 is 1.26 bits per heavy atom. The minimum Gasteiger partial charge on any atom is -0.309 e. The topological polar surface area (TPSA) is 57.7 Å². The van der Waals surface area contributed by atoms with Gasteiger partial charge in [0.2, 0.25) is 15.9 Å². The third-order valence-electron chi connectivity index (χ3n) is 5.42. The normalized spacial score (nSPS) is 19.1. The van der Waals surface area contributed by atoms with Crippen LogP contribution in [0.4, 0.5) is 10.1 Å². The molecule has 0 radical (unpaired) electrons. The highest BCUT2D eigenvalue weighted by Crippen LogP contribution is 2.35. The first-order valence-electron chi connectivity index (χ1n) is 9.60. The molecule has 1 aromatic rings. The summed E-state index contributed by atoms with van der Waals surface area (Å²) in [4.78, 5) is 14.6. The number of anilines is 1. The molecule has 150 valence electrons. The summed E-state index contributed by atoms with van der Waals surface area (Å²) in [5, 5.41) is 0. The van der Waals surface area contributed by atoms with E-state index in [2.05, 4.69) is 15.9 Å². The predicted octanol–water partition coefficient (Wildman–Crippen LogP) is 3.71. The van der Waals surface area contributed by atoms with Crippen LogP contribution in [0.15, 0.2) is 16.6 Å². The molecule has 0 N–H and O–H groups in total. The quantitative estimate of drug-likeness (QED) is 0.672. The number of carbonyl (C=O) groups excluding carboxylic acids is 1. The maximum Gasteiger partial charge on any atom is 0.230 e. The fourth-order valence-electron chi connectivity index (χ4n) is 3.93. The fraction of sp³-hybridized carbons (Fsp3) is 0.632. The third-order valence-corrected chi connectivity index (χ3v) is 7.84. The van der Waals surface area contributed by atoms with Gasteiger partial charge in [0.25, 0.3) is 0 Å². The molecule has 0 saturated carbocycles. The number of sulfonamides is 1. The first-order chi connectivity index (χ1) is 12.8. The molecule has 1 amide bonds. The summed E-state index contributed by atoms with van der Waals surface area (Å²) in [5.74, 6) is -0.548. The summed E-state index contributed by atoms with van der Waals surface area (Å²) in [6, 6.07) is 3.27. The van der Waals surface area contributed by atoms with E-state index in [9.17, 15) is 17.6 Å². The van der Waals surface area contributed by atoms with Crippen molar-refractivity contribution in [1.29, 1.82) is 0 Å². The van der Waals surface area contributed by atoms with Crippen LogP contribution in [0, 0.1) is 11.7 Å². The lowest BCUT2D eigenvalue weighted by atomic mass is 9.94. The van der Waals surface area contributed by atoms with Gasteiger partial charge in [-0.25, -0.2) is 17.1 Å². The van der Waals surface area contributed by atoms with Gasteiger partial charge in [0, 0.05) is 30.0 Å². The van der Waals surface area contributed by atoms with Crippen LogP contribution in [0.3, 0.4) is 0 Å². The first-order valence-corrected chi connectivity index (χ1v) is 12.0. The molecule has 0 bridgehead atoms. The summed E-state index contributed by atoms with van der Waals surface area (Å²) in [5.41, 5.74) is 1.24. The largest absolute Gasteiger partial charge is 0.309 e. The maximum atomic E-state index is 14.5. The zero-order chi connectivity index (χ0) is 19.6. The Bertz CT molecular complexity index is 807.